The van der Waals surface area contributed by atoms with E-state index in [1.165, 1.54) is 17.0 Å². The number of likely N-dealkylation sites (N-methyl/N-ethyl adjacent to an activating group) is 1. The second-order valence-corrected chi connectivity index (χ2v) is 10.7. The van der Waals surface area contributed by atoms with E-state index in [0.717, 1.165) is 31.5 Å². The Morgan fingerprint density at radius 2 is 2.05 bits per heavy atom. The maximum absolute atomic E-state index is 14.8. The lowest BCUT2D eigenvalue weighted by Gasteiger charge is -2.33. The van der Waals surface area contributed by atoms with Gasteiger partial charge in [-0.25, -0.2) is 14.2 Å². The summed E-state index contributed by atoms with van der Waals surface area (Å²) in [5.74, 6) is -0.00304. The number of carbonyl (C=O) groups is 3. The lowest BCUT2D eigenvalue weighted by Crippen LogP contribution is -2.49. The molecule has 12 heteroatoms. The zero-order valence-electron chi connectivity index (χ0n) is 22.4. The molecule has 11 nitrogen and oxygen atoms in total. The molecular weight excluding hydrogens is 503 g/mol. The maximum Gasteiger partial charge on any atom is 0.319 e. The van der Waals surface area contributed by atoms with Crippen molar-refractivity contribution >= 4 is 17.8 Å². The van der Waals surface area contributed by atoms with Gasteiger partial charge in [-0.15, -0.1) is 0 Å². The van der Waals surface area contributed by atoms with Crippen molar-refractivity contribution in [2.45, 2.75) is 64.2 Å². The third-order valence-electron chi connectivity index (χ3n) is 7.80. The first-order chi connectivity index (χ1) is 18.7. The number of fused-ring (bicyclic) bond motifs is 1. The highest BCUT2D eigenvalue weighted by Gasteiger charge is 2.37. The lowest BCUT2D eigenvalue weighted by atomic mass is 9.82. The molecule has 3 aliphatic rings. The highest BCUT2D eigenvalue weighted by molar-refractivity contribution is 5.98. The van der Waals surface area contributed by atoms with Crippen LogP contribution in [0.2, 0.25) is 0 Å². The van der Waals surface area contributed by atoms with Gasteiger partial charge in [-0.05, 0) is 62.3 Å². The van der Waals surface area contributed by atoms with Gasteiger partial charge in [-0.1, -0.05) is 6.07 Å². The number of hydrogen-bond acceptors (Lipinski definition) is 6. The standard InChI is InChI=1S/C27H35FN8O3/c1-14-11-29-22(31-14)13-36(3)23(37)10-17-8-16(4-6-20(17)28)25-24(15(2)32-27(39)34-25)26(38)33-19-5-7-21-18(9-19)12-30-35-21/h4,6,8,11,18-19,21,25,30,35H,5,7,9-10,12-13H2,1-3H3,(H,29,31)(H,33,38)(H2,32,34,39). The summed E-state index contributed by atoms with van der Waals surface area (Å²) in [7, 11) is 1.63. The number of halogens is 1. The molecule has 4 atom stereocenters. The second-order valence-electron chi connectivity index (χ2n) is 10.7. The number of amides is 4. The van der Waals surface area contributed by atoms with E-state index in [2.05, 4.69) is 36.8 Å². The van der Waals surface area contributed by atoms with Crippen molar-refractivity contribution in [2.24, 2.45) is 5.92 Å². The van der Waals surface area contributed by atoms with Crippen LogP contribution in [0.4, 0.5) is 9.18 Å². The zero-order valence-corrected chi connectivity index (χ0v) is 22.4. The summed E-state index contributed by atoms with van der Waals surface area (Å²) >= 11 is 0. The van der Waals surface area contributed by atoms with E-state index in [0.29, 0.717) is 34.6 Å². The van der Waals surface area contributed by atoms with E-state index in [-0.39, 0.29) is 36.4 Å². The summed E-state index contributed by atoms with van der Waals surface area (Å²) in [6.45, 7) is 4.69. The molecule has 0 bridgehead atoms. The van der Waals surface area contributed by atoms with Gasteiger partial charge < -0.3 is 25.8 Å². The molecule has 1 aromatic heterocycles. The topological polar surface area (TPSA) is 143 Å². The quantitative estimate of drug-likeness (QED) is 0.315. The van der Waals surface area contributed by atoms with Gasteiger partial charge in [0.1, 0.15) is 11.6 Å². The van der Waals surface area contributed by atoms with Crippen molar-refractivity contribution in [3.8, 4) is 0 Å². The van der Waals surface area contributed by atoms with Gasteiger partial charge in [0.15, 0.2) is 0 Å². The third-order valence-corrected chi connectivity index (χ3v) is 7.80. The van der Waals surface area contributed by atoms with Gasteiger partial charge in [0, 0.05) is 43.3 Å². The van der Waals surface area contributed by atoms with Crippen LogP contribution >= 0.6 is 0 Å². The average molecular weight is 539 g/mol. The summed E-state index contributed by atoms with van der Waals surface area (Å²) in [4.78, 5) is 47.6. The van der Waals surface area contributed by atoms with Crippen molar-refractivity contribution in [1.29, 1.82) is 0 Å². The Kier molecular flexibility index (Phi) is 7.67. The van der Waals surface area contributed by atoms with Gasteiger partial charge in [-0.3, -0.25) is 20.4 Å². The molecule has 4 unspecified atom stereocenters. The zero-order chi connectivity index (χ0) is 27.7. The summed E-state index contributed by atoms with van der Waals surface area (Å²) in [6.07, 6.45) is 4.18. The van der Waals surface area contributed by atoms with E-state index in [4.69, 9.17) is 0 Å². The Morgan fingerprint density at radius 1 is 1.23 bits per heavy atom. The van der Waals surface area contributed by atoms with Crippen LogP contribution in [0.5, 0.6) is 0 Å². The largest absolute Gasteiger partial charge is 0.349 e. The fraction of sp³-hybridized carbons (Fsp3) is 0.481. The van der Waals surface area contributed by atoms with Crippen LogP contribution in [-0.4, -0.2) is 58.4 Å². The highest BCUT2D eigenvalue weighted by Crippen LogP contribution is 2.31. The molecule has 1 aliphatic carbocycles. The first-order valence-electron chi connectivity index (χ1n) is 13.3. The molecule has 4 amide bonds. The summed E-state index contributed by atoms with van der Waals surface area (Å²) in [5, 5.41) is 8.65. The molecule has 39 heavy (non-hydrogen) atoms. The Labute approximate surface area is 226 Å². The van der Waals surface area contributed by atoms with Gasteiger partial charge in [0.05, 0.1) is 24.6 Å². The summed E-state index contributed by atoms with van der Waals surface area (Å²) in [6, 6.07) is 3.57. The van der Waals surface area contributed by atoms with Crippen LogP contribution in [0, 0.1) is 18.7 Å². The monoisotopic (exact) mass is 538 g/mol. The highest BCUT2D eigenvalue weighted by atomic mass is 19.1. The molecular formula is C27H35FN8O3. The fourth-order valence-electron chi connectivity index (χ4n) is 5.71. The number of nitrogens with one attached hydrogen (secondary N) is 6. The number of benzene rings is 1. The van der Waals surface area contributed by atoms with Crippen LogP contribution in [0.1, 0.15) is 54.9 Å². The smallest absolute Gasteiger partial charge is 0.319 e. The minimum atomic E-state index is -0.789. The Morgan fingerprint density at radius 3 is 2.82 bits per heavy atom. The molecule has 208 valence electrons. The number of rotatable bonds is 7. The molecule has 1 saturated carbocycles. The van der Waals surface area contributed by atoms with Crippen LogP contribution in [-0.2, 0) is 22.6 Å². The molecule has 6 N–H and O–H groups in total. The first-order valence-corrected chi connectivity index (χ1v) is 13.3. The van der Waals surface area contributed by atoms with Gasteiger partial charge >= 0.3 is 6.03 Å². The van der Waals surface area contributed by atoms with Crippen LogP contribution < -0.4 is 26.8 Å². The molecule has 1 aromatic carbocycles. The van der Waals surface area contributed by atoms with Gasteiger partial charge in [0.2, 0.25) is 5.91 Å². The molecule has 5 rings (SSSR count). The van der Waals surface area contributed by atoms with Gasteiger partial charge in [-0.2, -0.15) is 0 Å². The number of hydrazine groups is 1. The Balaban J connectivity index is 1.32. The number of hydrogen-bond donors (Lipinski definition) is 6. The minimum Gasteiger partial charge on any atom is -0.349 e. The number of aromatic amines is 1. The number of nitrogens with zero attached hydrogens (tertiary/aromatic N) is 2. The predicted octanol–water partition coefficient (Wildman–Crippen LogP) is 1.45. The van der Waals surface area contributed by atoms with Crippen LogP contribution in [0.25, 0.3) is 0 Å². The van der Waals surface area contributed by atoms with Crippen LogP contribution in [0.15, 0.2) is 35.7 Å². The molecule has 2 aliphatic heterocycles. The Hall–Kier alpha value is -3.77. The van der Waals surface area contributed by atoms with Crippen molar-refractivity contribution < 1.29 is 18.8 Å². The summed E-state index contributed by atoms with van der Waals surface area (Å²) < 4.78 is 14.8. The van der Waals surface area contributed by atoms with E-state index < -0.39 is 17.9 Å². The maximum atomic E-state index is 14.8. The second kappa shape index (κ2) is 11.1. The van der Waals surface area contributed by atoms with Gasteiger partial charge in [0.25, 0.3) is 5.91 Å². The molecule has 2 fully saturated rings. The van der Waals surface area contributed by atoms with Crippen molar-refractivity contribution in [1.82, 2.24) is 41.7 Å². The first kappa shape index (κ1) is 26.8. The predicted molar refractivity (Wildman–Crippen MR) is 141 cm³/mol. The number of aryl methyl sites for hydroxylation is 1. The van der Waals surface area contributed by atoms with Crippen molar-refractivity contribution in [2.75, 3.05) is 13.6 Å². The normalized spacial score (nSPS) is 24.6. The lowest BCUT2D eigenvalue weighted by molar-refractivity contribution is -0.129. The van der Waals surface area contributed by atoms with Crippen molar-refractivity contribution in [3.05, 3.63) is 64.1 Å². The molecule has 0 spiro atoms. The number of H-pyrrole nitrogens is 1. The molecule has 0 radical (unpaired) electrons. The fourth-order valence-corrected chi connectivity index (χ4v) is 5.71. The average Bonchev–Trinajstić information content (AvgIpc) is 3.52. The molecule has 1 saturated heterocycles. The Bertz CT molecular complexity index is 1310. The molecule has 2 aromatic rings. The number of allylic oxidation sites excluding steroid dienone is 1. The number of urea groups is 1. The third kappa shape index (κ3) is 5.96. The number of carbonyl (C=O) groups excluding carboxylic acids is 3. The SMILES string of the molecule is CC1=C(C(=O)NC2CCC3NNCC3C2)C(c2ccc(F)c(CC(=O)N(C)Cc3ncc(C)[nH]3)c2)NC(=O)N1. The van der Waals surface area contributed by atoms with E-state index in [9.17, 15) is 18.8 Å². The van der Waals surface area contributed by atoms with Crippen molar-refractivity contribution in [3.63, 3.8) is 0 Å². The summed E-state index contributed by atoms with van der Waals surface area (Å²) in [5.41, 5.74) is 8.88. The number of aromatic nitrogens is 2. The van der Waals surface area contributed by atoms with E-state index in [1.807, 2.05) is 6.92 Å². The molecule has 3 heterocycles. The van der Waals surface area contributed by atoms with E-state index in [1.54, 1.807) is 26.2 Å². The van der Waals surface area contributed by atoms with Crippen LogP contribution in [0.3, 0.4) is 0 Å². The van der Waals surface area contributed by atoms with E-state index >= 15 is 0 Å². The number of imidazole rings is 1. The minimum absolute atomic E-state index is 0.0221.